The molecular weight excluding hydrogens is 484 g/mol. The number of fused-ring (bicyclic) bond motifs is 3. The van der Waals surface area contributed by atoms with E-state index >= 15 is 4.39 Å². The van der Waals surface area contributed by atoms with E-state index in [1.54, 1.807) is 35.0 Å². The van der Waals surface area contributed by atoms with E-state index in [1.807, 2.05) is 0 Å². The van der Waals surface area contributed by atoms with Gasteiger partial charge < -0.3 is 9.47 Å². The van der Waals surface area contributed by atoms with Gasteiger partial charge in [-0.3, -0.25) is 0 Å². The number of ether oxygens (including phenoxy) is 2. The Hall–Kier alpha value is -2.58. The first kappa shape index (κ1) is 24.1. The summed E-state index contributed by atoms with van der Waals surface area (Å²) in [5.74, 6) is -0.264. The van der Waals surface area contributed by atoms with Gasteiger partial charge in [0.25, 0.3) is 0 Å². The largest absolute Gasteiger partial charge is 0.496 e. The average Bonchev–Trinajstić information content (AvgIpc) is 3.06. The molecule has 186 valence electrons. The molecule has 1 unspecified atom stereocenters. The van der Waals surface area contributed by atoms with Gasteiger partial charge in [0.2, 0.25) is 5.95 Å². The highest BCUT2D eigenvalue weighted by atomic mass is 35.5. The number of benzene rings is 2. The zero-order chi connectivity index (χ0) is 24.7. The summed E-state index contributed by atoms with van der Waals surface area (Å²) in [6.07, 6.45) is -2.02. The fourth-order valence-electron chi connectivity index (χ4n) is 5.30. The number of allylic oxidation sites excluding steroid dienone is 1. The normalized spacial score (nSPS) is 19.1. The molecule has 1 fully saturated rings. The van der Waals surface area contributed by atoms with Crippen LogP contribution in [-0.2, 0) is 11.2 Å². The lowest BCUT2D eigenvalue weighted by Gasteiger charge is -2.23. The molecule has 0 bridgehead atoms. The zero-order valence-corrected chi connectivity index (χ0v) is 20.0. The van der Waals surface area contributed by atoms with E-state index in [1.165, 1.54) is 7.11 Å². The van der Waals surface area contributed by atoms with Crippen molar-refractivity contribution in [3.8, 4) is 5.75 Å². The quantitative estimate of drug-likeness (QED) is 0.340. The highest BCUT2D eigenvalue weighted by Crippen LogP contribution is 2.45. The van der Waals surface area contributed by atoms with Gasteiger partial charge in [0.1, 0.15) is 5.75 Å². The van der Waals surface area contributed by atoms with Crippen LogP contribution in [0, 0.1) is 5.95 Å². The van der Waals surface area contributed by atoms with Crippen molar-refractivity contribution in [3.63, 3.8) is 0 Å². The van der Waals surface area contributed by atoms with Crippen LogP contribution in [0.1, 0.15) is 61.4 Å². The highest BCUT2D eigenvalue weighted by molar-refractivity contribution is 6.30. The van der Waals surface area contributed by atoms with Crippen LogP contribution < -0.4 is 4.74 Å². The Bertz CT molecular complexity index is 1290. The SMILES string of the molecule is COc1cc(Cl)ccc1C1=C(CC(F)(F)F)CCCc2c1ccc1c2c(F)nn1C1CCCCO1. The molecule has 0 saturated carbocycles. The summed E-state index contributed by atoms with van der Waals surface area (Å²) in [7, 11) is 1.45. The zero-order valence-electron chi connectivity index (χ0n) is 19.2. The second kappa shape index (κ2) is 9.47. The van der Waals surface area contributed by atoms with Gasteiger partial charge in [-0.05, 0) is 79.5 Å². The summed E-state index contributed by atoms with van der Waals surface area (Å²) < 4.78 is 69.2. The third kappa shape index (κ3) is 4.66. The third-order valence-corrected chi connectivity index (χ3v) is 6.98. The monoisotopic (exact) mass is 508 g/mol. The van der Waals surface area contributed by atoms with Crippen LogP contribution in [0.2, 0.25) is 5.02 Å². The number of alkyl halides is 3. The van der Waals surface area contributed by atoms with Crippen LogP contribution in [0.5, 0.6) is 5.75 Å². The Kier molecular flexibility index (Phi) is 6.53. The third-order valence-electron chi connectivity index (χ3n) is 6.74. The van der Waals surface area contributed by atoms with E-state index in [0.717, 1.165) is 19.3 Å². The fourth-order valence-corrected chi connectivity index (χ4v) is 5.47. The number of nitrogens with zero attached hydrogens (tertiary/aromatic N) is 2. The van der Waals surface area contributed by atoms with Crippen LogP contribution in [-0.4, -0.2) is 29.7 Å². The van der Waals surface area contributed by atoms with E-state index in [2.05, 4.69) is 5.10 Å². The molecule has 0 amide bonds. The Morgan fingerprint density at radius 1 is 1.11 bits per heavy atom. The molecule has 2 aliphatic rings. The molecule has 1 aliphatic heterocycles. The topological polar surface area (TPSA) is 36.3 Å². The minimum absolute atomic E-state index is 0.234. The van der Waals surface area contributed by atoms with Gasteiger partial charge in [0.05, 0.1) is 24.4 Å². The van der Waals surface area contributed by atoms with Crippen molar-refractivity contribution in [1.82, 2.24) is 9.78 Å². The van der Waals surface area contributed by atoms with Gasteiger partial charge in [0, 0.05) is 17.2 Å². The van der Waals surface area contributed by atoms with Gasteiger partial charge in [-0.15, -0.1) is 5.10 Å². The molecule has 1 aliphatic carbocycles. The molecule has 1 saturated heterocycles. The predicted octanol–water partition coefficient (Wildman–Crippen LogP) is 7.63. The van der Waals surface area contributed by atoms with Crippen LogP contribution in [0.4, 0.5) is 17.6 Å². The molecule has 2 aromatic carbocycles. The van der Waals surface area contributed by atoms with Crippen LogP contribution in [0.15, 0.2) is 35.9 Å². The molecule has 35 heavy (non-hydrogen) atoms. The van der Waals surface area contributed by atoms with Gasteiger partial charge in [0.15, 0.2) is 6.23 Å². The molecule has 0 radical (unpaired) electrons. The first-order valence-corrected chi connectivity index (χ1v) is 12.1. The predicted molar refractivity (Wildman–Crippen MR) is 126 cm³/mol. The first-order chi connectivity index (χ1) is 16.8. The molecule has 5 rings (SSSR count). The summed E-state index contributed by atoms with van der Waals surface area (Å²) in [6, 6.07) is 8.39. The summed E-state index contributed by atoms with van der Waals surface area (Å²) in [6.45, 7) is 0.586. The van der Waals surface area contributed by atoms with Crippen molar-refractivity contribution >= 4 is 28.1 Å². The maximum Gasteiger partial charge on any atom is 0.392 e. The second-order valence-electron chi connectivity index (χ2n) is 9.01. The van der Waals surface area contributed by atoms with Gasteiger partial charge in [-0.1, -0.05) is 23.2 Å². The Morgan fingerprint density at radius 2 is 1.91 bits per heavy atom. The lowest BCUT2D eigenvalue weighted by atomic mass is 9.88. The van der Waals surface area contributed by atoms with Crippen molar-refractivity contribution in [2.24, 2.45) is 0 Å². The van der Waals surface area contributed by atoms with E-state index in [0.29, 0.717) is 63.4 Å². The fraction of sp³-hybridized carbons (Fsp3) is 0.423. The summed E-state index contributed by atoms with van der Waals surface area (Å²) in [5.41, 5.74) is 2.99. The lowest BCUT2D eigenvalue weighted by Crippen LogP contribution is -2.19. The second-order valence-corrected chi connectivity index (χ2v) is 9.45. The van der Waals surface area contributed by atoms with Crippen molar-refractivity contribution < 1.29 is 27.0 Å². The molecule has 2 heterocycles. The molecule has 0 N–H and O–H groups in total. The molecule has 1 atom stereocenters. The number of halogens is 5. The Labute approximate surface area is 205 Å². The van der Waals surface area contributed by atoms with Crippen LogP contribution in [0.25, 0.3) is 16.5 Å². The van der Waals surface area contributed by atoms with E-state index in [4.69, 9.17) is 21.1 Å². The molecular formula is C26H25ClF4N2O2. The first-order valence-electron chi connectivity index (χ1n) is 11.7. The average molecular weight is 509 g/mol. The van der Waals surface area contributed by atoms with Crippen LogP contribution >= 0.6 is 11.6 Å². The number of methoxy groups -OCH3 is 1. The van der Waals surface area contributed by atoms with Crippen LogP contribution in [0.3, 0.4) is 0 Å². The number of hydrogen-bond donors (Lipinski definition) is 0. The molecule has 3 aromatic rings. The van der Waals surface area contributed by atoms with Crippen molar-refractivity contribution in [2.45, 2.75) is 57.3 Å². The number of aryl methyl sites for hydroxylation is 1. The summed E-state index contributed by atoms with van der Waals surface area (Å²) >= 11 is 6.14. The number of aromatic nitrogens is 2. The van der Waals surface area contributed by atoms with Gasteiger partial charge in [-0.2, -0.15) is 17.6 Å². The standard InChI is InChI=1S/C26H25ClF4N2O2/c1-34-21-13-16(27)8-9-19(21)23-15(14-26(29,30)31)5-4-6-17-18(23)10-11-20-24(17)25(28)32-33(20)22-7-2-3-12-35-22/h8-11,13,22H,2-7,12,14H2,1H3. The van der Waals surface area contributed by atoms with Gasteiger partial charge in [-0.25, -0.2) is 4.68 Å². The smallest absolute Gasteiger partial charge is 0.392 e. The number of rotatable bonds is 4. The Balaban J connectivity index is 1.75. The summed E-state index contributed by atoms with van der Waals surface area (Å²) in [5, 5.41) is 4.91. The minimum atomic E-state index is -4.39. The molecule has 0 spiro atoms. The maximum absolute atomic E-state index is 15.4. The van der Waals surface area contributed by atoms with E-state index < -0.39 is 18.5 Å². The minimum Gasteiger partial charge on any atom is -0.496 e. The van der Waals surface area contributed by atoms with Crippen molar-refractivity contribution in [2.75, 3.05) is 13.7 Å². The van der Waals surface area contributed by atoms with E-state index in [-0.39, 0.29) is 18.2 Å². The van der Waals surface area contributed by atoms with Gasteiger partial charge >= 0.3 is 6.18 Å². The lowest BCUT2D eigenvalue weighted by molar-refractivity contribution is -0.127. The summed E-state index contributed by atoms with van der Waals surface area (Å²) in [4.78, 5) is 0. The van der Waals surface area contributed by atoms with E-state index in [9.17, 15) is 13.2 Å². The molecule has 9 heteroatoms. The highest BCUT2D eigenvalue weighted by Gasteiger charge is 2.34. The van der Waals surface area contributed by atoms with Crippen molar-refractivity contribution in [3.05, 3.63) is 63.6 Å². The maximum atomic E-state index is 15.4. The Morgan fingerprint density at radius 3 is 2.63 bits per heavy atom. The molecule has 4 nitrogen and oxygen atoms in total. The number of hydrogen-bond acceptors (Lipinski definition) is 3. The van der Waals surface area contributed by atoms with Crippen molar-refractivity contribution in [1.29, 1.82) is 0 Å². The molecule has 1 aromatic heterocycles.